The fourth-order valence-electron chi connectivity index (χ4n) is 1.24. The van der Waals surface area contributed by atoms with Crippen LogP contribution in [-0.2, 0) is 9.59 Å². The van der Waals surface area contributed by atoms with Gasteiger partial charge < -0.3 is 9.84 Å². The topological polar surface area (TPSA) is 63.6 Å². The fraction of sp³-hybridized carbons (Fsp3) is 0.273. The zero-order valence-corrected chi connectivity index (χ0v) is 17.2. The summed E-state index contributed by atoms with van der Waals surface area (Å²) in [6, 6.07) is 2.71. The van der Waals surface area contributed by atoms with Crippen molar-refractivity contribution in [2.24, 2.45) is 0 Å². The van der Waals surface area contributed by atoms with Gasteiger partial charge in [0.25, 0.3) is 0 Å². The summed E-state index contributed by atoms with van der Waals surface area (Å²) >= 11 is 4.96. The van der Waals surface area contributed by atoms with E-state index in [4.69, 9.17) is 5.11 Å². The number of rotatable bonds is 5. The highest BCUT2D eigenvalue weighted by molar-refractivity contribution is 14.1. The van der Waals surface area contributed by atoms with Gasteiger partial charge in [0.05, 0.1) is 7.14 Å². The van der Waals surface area contributed by atoms with Gasteiger partial charge in [-0.25, -0.2) is 9.59 Å². The molecular weight excluding hydrogens is 691 g/mol. The molecule has 0 heterocycles. The SMILES string of the molecule is O=C(O)C(F)(F)C(F)(F)C(F)(F)C(=O)Oc1c(I)cc(I)cc1I. The normalized spacial score (nSPS) is 12.9. The van der Waals surface area contributed by atoms with Crippen LogP contribution in [-0.4, -0.2) is 34.8 Å². The first-order valence-corrected chi connectivity index (χ1v) is 8.63. The van der Waals surface area contributed by atoms with E-state index >= 15 is 0 Å². The molecule has 0 saturated carbocycles. The number of aliphatic carboxylic acids is 1. The number of ether oxygens (including phenoxy) is 1. The quantitative estimate of drug-likeness (QED) is 0.215. The standard InChI is InChI=1S/C11H3F6I3O4/c12-9(13,7(21)22)11(16,17)10(14,15)8(23)24-6-4(19)1-3(18)2-5(6)20/h1-2H,(H,21,22). The maximum atomic E-state index is 13.5. The summed E-state index contributed by atoms with van der Waals surface area (Å²) in [4.78, 5) is 21.5. The van der Waals surface area contributed by atoms with Crippen molar-refractivity contribution in [3.63, 3.8) is 0 Å². The molecule has 0 aliphatic heterocycles. The predicted molar refractivity (Wildman–Crippen MR) is 92.7 cm³/mol. The van der Waals surface area contributed by atoms with Gasteiger partial charge in [0.15, 0.2) is 5.75 Å². The zero-order chi connectivity index (χ0) is 19.1. The lowest BCUT2D eigenvalue weighted by Gasteiger charge is -2.28. The van der Waals surface area contributed by atoms with Crippen molar-refractivity contribution < 1.29 is 45.8 Å². The summed E-state index contributed by atoms with van der Waals surface area (Å²) in [5, 5.41) is 8.01. The van der Waals surface area contributed by atoms with Crippen LogP contribution >= 0.6 is 67.8 Å². The molecule has 134 valence electrons. The second kappa shape index (κ2) is 7.28. The minimum absolute atomic E-state index is 0.0846. The van der Waals surface area contributed by atoms with E-state index in [1.54, 1.807) is 45.2 Å². The monoisotopic (exact) mass is 694 g/mol. The molecule has 0 saturated heterocycles. The average Bonchev–Trinajstić information content (AvgIpc) is 2.41. The van der Waals surface area contributed by atoms with Crippen molar-refractivity contribution in [3.8, 4) is 5.75 Å². The second-order valence-corrected chi connectivity index (χ2v) is 7.69. The molecule has 4 nitrogen and oxygen atoms in total. The van der Waals surface area contributed by atoms with Crippen molar-refractivity contribution in [3.05, 3.63) is 22.8 Å². The van der Waals surface area contributed by atoms with Crippen LogP contribution in [0.2, 0.25) is 0 Å². The van der Waals surface area contributed by atoms with Gasteiger partial charge in [-0.3, -0.25) is 0 Å². The third-order valence-electron chi connectivity index (χ3n) is 2.47. The molecule has 0 radical (unpaired) electrons. The predicted octanol–water partition coefficient (Wildman–Crippen LogP) is 4.40. The average molecular weight is 694 g/mol. The first-order chi connectivity index (χ1) is 10.7. The Morgan fingerprint density at radius 2 is 1.33 bits per heavy atom. The van der Waals surface area contributed by atoms with Crippen LogP contribution in [0.1, 0.15) is 0 Å². The number of esters is 1. The molecule has 0 atom stereocenters. The molecule has 1 N–H and O–H groups in total. The first kappa shape index (κ1) is 22.0. The minimum atomic E-state index is -6.50. The Bertz CT molecular complexity index is 671. The summed E-state index contributed by atoms with van der Waals surface area (Å²) in [6.07, 6.45) is 0. The molecule has 0 aliphatic rings. The van der Waals surface area contributed by atoms with Gasteiger partial charge >= 0.3 is 29.7 Å². The maximum absolute atomic E-state index is 13.5. The van der Waals surface area contributed by atoms with Gasteiger partial charge in [-0.1, -0.05) is 0 Å². The van der Waals surface area contributed by atoms with Gasteiger partial charge in [-0.15, -0.1) is 0 Å². The Balaban J connectivity index is 3.25. The van der Waals surface area contributed by atoms with Crippen molar-refractivity contribution in [1.29, 1.82) is 0 Å². The first-order valence-electron chi connectivity index (χ1n) is 5.40. The Morgan fingerprint density at radius 1 is 0.917 bits per heavy atom. The van der Waals surface area contributed by atoms with Crippen LogP contribution in [0.5, 0.6) is 5.75 Å². The van der Waals surface area contributed by atoms with Crippen LogP contribution in [0.3, 0.4) is 0 Å². The fourth-order valence-corrected chi connectivity index (χ4v) is 5.05. The number of carboxylic acids is 1. The number of alkyl halides is 6. The van der Waals surface area contributed by atoms with Gasteiger partial charge in [0.2, 0.25) is 0 Å². The van der Waals surface area contributed by atoms with E-state index in [9.17, 15) is 35.9 Å². The number of carbonyl (C=O) groups is 2. The van der Waals surface area contributed by atoms with Crippen LogP contribution in [0, 0.1) is 10.7 Å². The van der Waals surface area contributed by atoms with E-state index < -0.39 is 35.5 Å². The minimum Gasteiger partial charge on any atom is -0.477 e. The number of carbonyl (C=O) groups excluding carboxylic acids is 1. The molecule has 0 aliphatic carbocycles. The summed E-state index contributed by atoms with van der Waals surface area (Å²) < 4.78 is 84.2. The Hall–Kier alpha value is -0.0700. The van der Waals surface area contributed by atoms with Crippen LogP contribution in [0.25, 0.3) is 0 Å². The number of benzene rings is 1. The smallest absolute Gasteiger partial charge is 0.411 e. The van der Waals surface area contributed by atoms with Crippen molar-refractivity contribution in [2.45, 2.75) is 17.8 Å². The van der Waals surface area contributed by atoms with E-state index in [2.05, 4.69) is 4.74 Å². The van der Waals surface area contributed by atoms with Crippen LogP contribution in [0.15, 0.2) is 12.1 Å². The highest BCUT2D eigenvalue weighted by Crippen LogP contribution is 2.46. The number of carboxylic acid groups (broad SMARTS) is 1. The highest BCUT2D eigenvalue weighted by atomic mass is 127. The number of hydrogen-bond acceptors (Lipinski definition) is 3. The molecule has 0 unspecified atom stereocenters. The summed E-state index contributed by atoms with van der Waals surface area (Å²) in [7, 11) is 0. The third kappa shape index (κ3) is 3.85. The molecule has 13 heteroatoms. The van der Waals surface area contributed by atoms with E-state index in [1.807, 2.05) is 22.6 Å². The van der Waals surface area contributed by atoms with E-state index in [1.165, 1.54) is 12.1 Å². The third-order valence-corrected chi connectivity index (χ3v) is 4.70. The van der Waals surface area contributed by atoms with Crippen LogP contribution < -0.4 is 4.74 Å². The molecule has 24 heavy (non-hydrogen) atoms. The maximum Gasteiger partial charge on any atom is 0.411 e. The zero-order valence-electron chi connectivity index (χ0n) is 10.7. The molecule has 0 bridgehead atoms. The summed E-state index contributed by atoms with van der Waals surface area (Å²) in [5.74, 6) is -25.8. The van der Waals surface area contributed by atoms with E-state index in [0.717, 1.165) is 0 Å². The van der Waals surface area contributed by atoms with E-state index in [-0.39, 0.29) is 7.14 Å². The molecule has 0 spiro atoms. The molecule has 0 fully saturated rings. The molecule has 1 aromatic rings. The van der Waals surface area contributed by atoms with Crippen molar-refractivity contribution in [2.75, 3.05) is 0 Å². The summed E-state index contributed by atoms with van der Waals surface area (Å²) in [5.41, 5.74) is 0. The summed E-state index contributed by atoms with van der Waals surface area (Å²) in [6.45, 7) is 0. The molecule has 0 amide bonds. The van der Waals surface area contributed by atoms with Gasteiger partial charge in [0.1, 0.15) is 0 Å². The molecule has 1 rings (SSSR count). The van der Waals surface area contributed by atoms with Gasteiger partial charge in [-0.05, 0) is 79.9 Å². The van der Waals surface area contributed by atoms with Crippen molar-refractivity contribution >= 4 is 79.7 Å². The van der Waals surface area contributed by atoms with Crippen molar-refractivity contribution in [1.82, 2.24) is 0 Å². The highest BCUT2D eigenvalue weighted by Gasteiger charge is 2.79. The lowest BCUT2D eigenvalue weighted by molar-refractivity contribution is -0.297. The number of halogens is 9. The Morgan fingerprint density at radius 3 is 1.71 bits per heavy atom. The molecular formula is C11H3F6I3O4. The molecule has 0 aromatic heterocycles. The second-order valence-electron chi connectivity index (χ2n) is 4.12. The lowest BCUT2D eigenvalue weighted by atomic mass is 10.0. The van der Waals surface area contributed by atoms with Gasteiger partial charge in [-0.2, -0.15) is 26.3 Å². The number of hydrogen-bond donors (Lipinski definition) is 1. The van der Waals surface area contributed by atoms with Gasteiger partial charge in [0, 0.05) is 3.57 Å². The van der Waals surface area contributed by atoms with E-state index in [0.29, 0.717) is 3.57 Å². The van der Waals surface area contributed by atoms with Crippen LogP contribution in [0.4, 0.5) is 26.3 Å². The largest absolute Gasteiger partial charge is 0.477 e. The Kier molecular flexibility index (Phi) is 6.66. The lowest BCUT2D eigenvalue weighted by Crippen LogP contribution is -2.61. The molecule has 1 aromatic carbocycles. The Labute approximate surface area is 170 Å².